The first-order valence-corrected chi connectivity index (χ1v) is 18.4. The van der Waals surface area contributed by atoms with Crippen molar-refractivity contribution in [2.75, 3.05) is 4.90 Å². The molecule has 2 amide bonds. The van der Waals surface area contributed by atoms with E-state index in [1.165, 1.54) is 9.47 Å². The molecule has 1 N–H and O–H groups in total. The van der Waals surface area contributed by atoms with Crippen LogP contribution in [0.15, 0.2) is 173 Å². The summed E-state index contributed by atoms with van der Waals surface area (Å²) in [4.78, 5) is 44.2. The van der Waals surface area contributed by atoms with E-state index >= 15 is 0 Å². The van der Waals surface area contributed by atoms with Crippen molar-refractivity contribution in [2.45, 2.75) is 5.92 Å². The summed E-state index contributed by atoms with van der Waals surface area (Å²) in [5.41, 5.74) is 11.0. The van der Waals surface area contributed by atoms with E-state index in [1.54, 1.807) is 0 Å². The number of hydrogen-bond acceptors (Lipinski definition) is 4. The van der Waals surface area contributed by atoms with Crippen molar-refractivity contribution in [3.8, 4) is 33.8 Å². The lowest BCUT2D eigenvalue weighted by Crippen LogP contribution is -2.53. The number of rotatable bonds is 4. The van der Waals surface area contributed by atoms with Crippen LogP contribution >= 0.6 is 0 Å². The molecule has 0 spiro atoms. The van der Waals surface area contributed by atoms with E-state index < -0.39 is 5.92 Å². The molecule has 258 valence electrons. The Bertz CT molecular complexity index is 2730. The minimum absolute atomic E-state index is 0.0749. The molecule has 54 heavy (non-hydrogen) atoms. The van der Waals surface area contributed by atoms with Gasteiger partial charge >= 0.3 is 0 Å². The molecular weight excluding hydrogens is 669 g/mol. The number of aromatic nitrogens is 1. The Morgan fingerprint density at radius 3 is 1.76 bits per heavy atom. The Balaban J connectivity index is 0.980. The number of allylic oxidation sites excluding steroid dienone is 8. The first-order valence-electron chi connectivity index (χ1n) is 18.4. The molecule has 0 bridgehead atoms. The van der Waals surface area contributed by atoms with E-state index in [0.29, 0.717) is 28.1 Å². The van der Waals surface area contributed by atoms with Crippen molar-refractivity contribution in [1.29, 1.82) is 0 Å². The van der Waals surface area contributed by atoms with Gasteiger partial charge in [-0.25, -0.2) is 9.47 Å². The highest BCUT2D eigenvalue weighted by Crippen LogP contribution is 2.61. The fourth-order valence-corrected chi connectivity index (χ4v) is 9.79. The standard InChI is InChI=1S/C48H32N2O4/c51-45-37-23-19-33-35-21-25-39-44-40(48(54)50(47(39)53)32-17-13-30(14-18-32)28-9-5-2-6-10-28)26-22-36(42(35)44)34-20-24-38(43(37)41(33)34)46(52)49(45)31-15-11-29(12-16-31)27-7-3-1-4-8-27/h1-26,33-34,39,41,44,51H. The molecule has 1 fully saturated rings. The highest BCUT2D eigenvalue weighted by Gasteiger charge is 2.54. The van der Waals surface area contributed by atoms with E-state index in [9.17, 15) is 19.5 Å². The topological polar surface area (TPSA) is 79.6 Å². The van der Waals surface area contributed by atoms with Gasteiger partial charge in [-0.15, -0.1) is 0 Å². The smallest absolute Gasteiger partial charge is 0.265 e. The lowest BCUT2D eigenvalue weighted by Gasteiger charge is -2.50. The zero-order chi connectivity index (χ0) is 36.2. The van der Waals surface area contributed by atoms with Crippen LogP contribution in [0.2, 0.25) is 0 Å². The maximum atomic E-state index is 14.3. The fraction of sp³-hybridized carbons (Fsp3) is 0.104. The Kier molecular flexibility index (Phi) is 6.48. The van der Waals surface area contributed by atoms with Crippen LogP contribution in [0.1, 0.15) is 22.6 Å². The number of pyridine rings is 1. The van der Waals surface area contributed by atoms with Crippen LogP contribution in [0, 0.1) is 23.7 Å². The van der Waals surface area contributed by atoms with Crippen LogP contribution in [0.25, 0.3) is 40.1 Å². The summed E-state index contributed by atoms with van der Waals surface area (Å²) in [5, 5.41) is 11.8. The molecule has 2 heterocycles. The molecule has 11 rings (SSSR count). The van der Waals surface area contributed by atoms with Crippen molar-refractivity contribution in [3.63, 3.8) is 0 Å². The van der Waals surface area contributed by atoms with Gasteiger partial charge in [-0.2, -0.15) is 0 Å². The zero-order valence-electron chi connectivity index (χ0n) is 29.0. The number of amides is 2. The summed E-state index contributed by atoms with van der Waals surface area (Å²) in [6.45, 7) is 0. The molecule has 5 aromatic rings. The highest BCUT2D eigenvalue weighted by molar-refractivity contribution is 6.25. The van der Waals surface area contributed by atoms with Crippen molar-refractivity contribution in [1.82, 2.24) is 4.57 Å². The van der Waals surface area contributed by atoms with Gasteiger partial charge in [-0.3, -0.25) is 14.4 Å². The number of nitrogens with zero attached hydrogens (tertiary/aromatic N) is 2. The summed E-state index contributed by atoms with van der Waals surface area (Å²) in [6.07, 6.45) is 16.1. The zero-order valence-corrected chi connectivity index (χ0v) is 29.0. The van der Waals surface area contributed by atoms with Crippen molar-refractivity contribution >= 4 is 29.7 Å². The Labute approximate surface area is 311 Å². The lowest BCUT2D eigenvalue weighted by molar-refractivity contribution is -0.129. The second-order valence-electron chi connectivity index (χ2n) is 14.8. The number of imide groups is 1. The average Bonchev–Trinajstić information content (AvgIpc) is 3.22. The molecule has 6 aliphatic rings. The summed E-state index contributed by atoms with van der Waals surface area (Å²) >= 11 is 0. The quantitative estimate of drug-likeness (QED) is 0.190. The Morgan fingerprint density at radius 1 is 0.537 bits per heavy atom. The molecule has 0 radical (unpaired) electrons. The second kappa shape index (κ2) is 11.4. The van der Waals surface area contributed by atoms with E-state index in [0.717, 1.165) is 44.5 Å². The van der Waals surface area contributed by atoms with Gasteiger partial charge < -0.3 is 5.11 Å². The molecule has 1 aromatic heterocycles. The van der Waals surface area contributed by atoms with E-state index in [-0.39, 0.29) is 46.9 Å². The predicted molar refractivity (Wildman–Crippen MR) is 211 cm³/mol. The van der Waals surface area contributed by atoms with Gasteiger partial charge in [0, 0.05) is 40.4 Å². The van der Waals surface area contributed by atoms with E-state index in [1.807, 2.05) is 140 Å². The largest absolute Gasteiger partial charge is 0.494 e. The van der Waals surface area contributed by atoms with Gasteiger partial charge in [0.1, 0.15) is 0 Å². The number of fused-ring (bicyclic) bond motifs is 2. The minimum Gasteiger partial charge on any atom is -0.494 e. The molecular formula is C48H32N2O4. The summed E-state index contributed by atoms with van der Waals surface area (Å²) in [7, 11) is 0. The van der Waals surface area contributed by atoms with Crippen molar-refractivity contribution in [2.24, 2.45) is 23.7 Å². The number of carbonyl (C=O) groups is 2. The minimum atomic E-state index is -0.519. The van der Waals surface area contributed by atoms with Gasteiger partial charge in [0.05, 0.1) is 17.3 Å². The Hall–Kier alpha value is -6.79. The molecule has 4 aromatic carbocycles. The molecule has 0 saturated carbocycles. The lowest BCUT2D eigenvalue weighted by atomic mass is 9.54. The van der Waals surface area contributed by atoms with Crippen LogP contribution in [-0.4, -0.2) is 21.5 Å². The van der Waals surface area contributed by atoms with Gasteiger partial charge in [0.2, 0.25) is 11.8 Å². The average molecular weight is 701 g/mol. The number of piperidine rings is 1. The van der Waals surface area contributed by atoms with Crippen LogP contribution in [0.5, 0.6) is 5.88 Å². The van der Waals surface area contributed by atoms with Crippen LogP contribution < -0.4 is 10.5 Å². The van der Waals surface area contributed by atoms with Gasteiger partial charge in [0.25, 0.3) is 11.5 Å². The summed E-state index contributed by atoms with van der Waals surface area (Å²) in [5.74, 6) is -1.80. The first-order chi connectivity index (χ1) is 26.5. The van der Waals surface area contributed by atoms with Gasteiger partial charge in [0.15, 0.2) is 0 Å². The van der Waals surface area contributed by atoms with Gasteiger partial charge in [-0.1, -0.05) is 134 Å². The SMILES string of the molecule is O=C1C2=CC=C3C4=C(C=CC(C(=O)N1c1ccc(-c5ccccc5)cc1)C24)C1C=Cc2c4c(c(=O)n(-c5ccc(-c6ccccc6)cc5)c2O)C=CC3C41. The van der Waals surface area contributed by atoms with Crippen LogP contribution in [0.3, 0.4) is 0 Å². The highest BCUT2D eigenvalue weighted by atomic mass is 16.3. The molecule has 6 nitrogen and oxygen atoms in total. The van der Waals surface area contributed by atoms with Crippen LogP contribution in [-0.2, 0) is 9.59 Å². The van der Waals surface area contributed by atoms with E-state index in [2.05, 4.69) is 18.2 Å². The van der Waals surface area contributed by atoms with Crippen molar-refractivity contribution < 1.29 is 14.7 Å². The summed E-state index contributed by atoms with van der Waals surface area (Å²) < 4.78 is 1.41. The molecule has 6 heteroatoms. The number of benzene rings is 4. The monoisotopic (exact) mass is 700 g/mol. The van der Waals surface area contributed by atoms with Gasteiger partial charge in [-0.05, 0) is 68.8 Å². The number of hydrogen-bond donors (Lipinski definition) is 1. The Morgan fingerprint density at radius 2 is 1.09 bits per heavy atom. The summed E-state index contributed by atoms with van der Waals surface area (Å²) in [6, 6.07) is 35.4. The van der Waals surface area contributed by atoms with Crippen LogP contribution in [0.4, 0.5) is 5.69 Å². The van der Waals surface area contributed by atoms with Crippen molar-refractivity contribution in [3.05, 3.63) is 195 Å². The molecule has 5 aliphatic carbocycles. The number of carbonyl (C=O) groups excluding carboxylic acids is 2. The predicted octanol–water partition coefficient (Wildman–Crippen LogP) is 8.80. The third kappa shape index (κ3) is 4.19. The third-order valence-corrected chi connectivity index (χ3v) is 12.2. The maximum Gasteiger partial charge on any atom is 0.265 e. The fourth-order valence-electron chi connectivity index (χ4n) is 9.79. The molecule has 5 unspecified atom stereocenters. The third-order valence-electron chi connectivity index (χ3n) is 12.2. The number of aromatic hydroxyl groups is 1. The number of anilines is 1. The second-order valence-corrected chi connectivity index (χ2v) is 14.8. The first kappa shape index (κ1) is 30.8. The van der Waals surface area contributed by atoms with E-state index in [4.69, 9.17) is 0 Å². The maximum absolute atomic E-state index is 14.3. The molecule has 1 aliphatic heterocycles. The molecule has 5 atom stereocenters. The molecule has 1 saturated heterocycles. The normalized spacial score (nSPS) is 23.9.